The number of halogens is 1. The van der Waals surface area contributed by atoms with Crippen molar-refractivity contribution in [3.05, 3.63) is 83.3 Å². The molecular formula is C20H16BrNO2. The molecule has 0 bridgehead atoms. The van der Waals surface area contributed by atoms with Crippen molar-refractivity contribution in [2.24, 2.45) is 0 Å². The van der Waals surface area contributed by atoms with Crippen LogP contribution in [0.2, 0.25) is 0 Å². The molecule has 4 heteroatoms. The fraction of sp³-hybridized carbons (Fsp3) is 0.0500. The molecule has 1 amide bonds. The Labute approximate surface area is 149 Å². The highest BCUT2D eigenvalue weighted by molar-refractivity contribution is 9.10. The fourth-order valence-electron chi connectivity index (χ4n) is 2.35. The monoisotopic (exact) mass is 381 g/mol. The van der Waals surface area contributed by atoms with Crippen LogP contribution < -0.4 is 10.1 Å². The Bertz CT molecular complexity index is 834. The second-order valence-corrected chi connectivity index (χ2v) is 6.12. The molecule has 3 aromatic rings. The quantitative estimate of drug-likeness (QED) is 0.664. The summed E-state index contributed by atoms with van der Waals surface area (Å²) in [6, 6.07) is 25.1. The first-order chi connectivity index (χ1) is 11.7. The second-order valence-electron chi connectivity index (χ2n) is 5.21. The molecule has 1 N–H and O–H groups in total. The van der Waals surface area contributed by atoms with Gasteiger partial charge >= 0.3 is 0 Å². The van der Waals surface area contributed by atoms with Crippen LogP contribution in [-0.2, 0) is 4.79 Å². The Morgan fingerprint density at radius 1 is 0.917 bits per heavy atom. The van der Waals surface area contributed by atoms with Gasteiger partial charge in [0.2, 0.25) is 0 Å². The van der Waals surface area contributed by atoms with Gasteiger partial charge in [-0.1, -0.05) is 70.5 Å². The molecule has 3 nitrogen and oxygen atoms in total. The van der Waals surface area contributed by atoms with Crippen molar-refractivity contribution in [3.63, 3.8) is 0 Å². The lowest BCUT2D eigenvalue weighted by molar-refractivity contribution is -0.118. The van der Waals surface area contributed by atoms with Crippen LogP contribution in [0.4, 0.5) is 5.69 Å². The average Bonchev–Trinajstić information content (AvgIpc) is 2.61. The lowest BCUT2D eigenvalue weighted by Crippen LogP contribution is -2.20. The standard InChI is InChI=1S/C20H16BrNO2/c21-16-9-6-10-17(13-16)24-14-20(23)22-19-12-5-4-11-18(19)15-7-2-1-3-8-15/h1-13H,14H2,(H,22,23). The lowest BCUT2D eigenvalue weighted by Gasteiger charge is -2.12. The molecule has 0 fully saturated rings. The number of carbonyl (C=O) groups is 1. The first-order valence-electron chi connectivity index (χ1n) is 7.55. The Morgan fingerprint density at radius 3 is 2.46 bits per heavy atom. The first-order valence-corrected chi connectivity index (χ1v) is 8.34. The SMILES string of the molecule is O=C(COc1cccc(Br)c1)Nc1ccccc1-c1ccccc1. The van der Waals surface area contributed by atoms with E-state index in [-0.39, 0.29) is 12.5 Å². The summed E-state index contributed by atoms with van der Waals surface area (Å²) in [6.45, 7) is -0.0421. The van der Waals surface area contributed by atoms with Crippen LogP contribution in [0.15, 0.2) is 83.3 Å². The van der Waals surface area contributed by atoms with Gasteiger partial charge in [-0.05, 0) is 29.8 Å². The first kappa shape index (κ1) is 16.3. The molecule has 0 saturated heterocycles. The largest absolute Gasteiger partial charge is 0.484 e. The summed E-state index contributed by atoms with van der Waals surface area (Å²) in [5.74, 6) is 0.453. The molecule has 3 rings (SSSR count). The third-order valence-electron chi connectivity index (χ3n) is 3.45. The van der Waals surface area contributed by atoms with E-state index in [9.17, 15) is 4.79 Å². The number of hydrogen-bond donors (Lipinski definition) is 1. The lowest BCUT2D eigenvalue weighted by atomic mass is 10.0. The predicted octanol–water partition coefficient (Wildman–Crippen LogP) is 5.13. The molecule has 0 spiro atoms. The summed E-state index contributed by atoms with van der Waals surface area (Å²) in [5.41, 5.74) is 2.81. The highest BCUT2D eigenvalue weighted by atomic mass is 79.9. The third kappa shape index (κ3) is 4.24. The number of rotatable bonds is 5. The number of nitrogens with one attached hydrogen (secondary N) is 1. The number of para-hydroxylation sites is 1. The molecule has 0 heterocycles. The minimum atomic E-state index is -0.196. The minimum Gasteiger partial charge on any atom is -0.484 e. The van der Waals surface area contributed by atoms with Crippen molar-refractivity contribution in [2.45, 2.75) is 0 Å². The fourth-order valence-corrected chi connectivity index (χ4v) is 2.73. The van der Waals surface area contributed by atoms with Crippen molar-refractivity contribution < 1.29 is 9.53 Å². The van der Waals surface area contributed by atoms with Gasteiger partial charge in [-0.3, -0.25) is 4.79 Å². The van der Waals surface area contributed by atoms with E-state index in [2.05, 4.69) is 21.2 Å². The van der Waals surface area contributed by atoms with Gasteiger partial charge in [0.05, 0.1) is 0 Å². The van der Waals surface area contributed by atoms with E-state index in [1.807, 2.05) is 78.9 Å². The van der Waals surface area contributed by atoms with Gasteiger partial charge in [-0.15, -0.1) is 0 Å². The summed E-state index contributed by atoms with van der Waals surface area (Å²) in [5, 5.41) is 2.92. The molecule has 120 valence electrons. The molecule has 24 heavy (non-hydrogen) atoms. The van der Waals surface area contributed by atoms with Crippen molar-refractivity contribution in [1.29, 1.82) is 0 Å². The smallest absolute Gasteiger partial charge is 0.262 e. The summed E-state index contributed by atoms with van der Waals surface area (Å²) in [4.78, 5) is 12.2. The molecule has 0 aliphatic heterocycles. The van der Waals surface area contributed by atoms with Crippen LogP contribution in [0.3, 0.4) is 0 Å². The van der Waals surface area contributed by atoms with Gasteiger partial charge in [0.25, 0.3) is 5.91 Å². The maximum Gasteiger partial charge on any atom is 0.262 e. The van der Waals surface area contributed by atoms with E-state index >= 15 is 0 Å². The Morgan fingerprint density at radius 2 is 1.67 bits per heavy atom. The molecule has 0 unspecified atom stereocenters. The van der Waals surface area contributed by atoms with Crippen molar-refractivity contribution in [3.8, 4) is 16.9 Å². The van der Waals surface area contributed by atoms with E-state index in [0.29, 0.717) is 5.75 Å². The van der Waals surface area contributed by atoms with E-state index in [0.717, 1.165) is 21.3 Å². The zero-order valence-electron chi connectivity index (χ0n) is 12.9. The number of carbonyl (C=O) groups excluding carboxylic acids is 1. The van der Waals surface area contributed by atoms with Crippen LogP contribution in [0.5, 0.6) is 5.75 Å². The van der Waals surface area contributed by atoms with E-state index in [4.69, 9.17) is 4.74 Å². The van der Waals surface area contributed by atoms with Gasteiger partial charge in [0.1, 0.15) is 5.75 Å². The Hall–Kier alpha value is -2.59. The number of anilines is 1. The molecule has 0 atom stereocenters. The van der Waals surface area contributed by atoms with E-state index in [1.54, 1.807) is 0 Å². The predicted molar refractivity (Wildman–Crippen MR) is 100 cm³/mol. The maximum atomic E-state index is 12.2. The van der Waals surface area contributed by atoms with Gasteiger partial charge in [0.15, 0.2) is 6.61 Å². The highest BCUT2D eigenvalue weighted by Crippen LogP contribution is 2.27. The molecule has 0 radical (unpaired) electrons. The Balaban J connectivity index is 1.69. The minimum absolute atomic E-state index is 0.0421. The molecule has 0 aliphatic carbocycles. The van der Waals surface area contributed by atoms with Crippen molar-refractivity contribution in [2.75, 3.05) is 11.9 Å². The summed E-state index contributed by atoms with van der Waals surface area (Å²) in [6.07, 6.45) is 0. The average molecular weight is 382 g/mol. The van der Waals surface area contributed by atoms with E-state index < -0.39 is 0 Å². The van der Waals surface area contributed by atoms with Gasteiger partial charge in [-0.2, -0.15) is 0 Å². The maximum absolute atomic E-state index is 12.2. The zero-order chi connectivity index (χ0) is 16.8. The van der Waals surface area contributed by atoms with Crippen LogP contribution in [-0.4, -0.2) is 12.5 Å². The highest BCUT2D eigenvalue weighted by Gasteiger charge is 2.09. The second kappa shape index (κ2) is 7.79. The van der Waals surface area contributed by atoms with Crippen LogP contribution in [0.1, 0.15) is 0 Å². The molecule has 0 aromatic heterocycles. The number of benzene rings is 3. The van der Waals surface area contributed by atoms with Crippen LogP contribution in [0, 0.1) is 0 Å². The number of hydrogen-bond acceptors (Lipinski definition) is 2. The number of ether oxygens (including phenoxy) is 1. The van der Waals surface area contributed by atoms with Crippen LogP contribution in [0.25, 0.3) is 11.1 Å². The van der Waals surface area contributed by atoms with Gasteiger partial charge in [0, 0.05) is 15.7 Å². The molecular weight excluding hydrogens is 366 g/mol. The van der Waals surface area contributed by atoms with Crippen LogP contribution >= 0.6 is 15.9 Å². The topological polar surface area (TPSA) is 38.3 Å². The van der Waals surface area contributed by atoms with Gasteiger partial charge < -0.3 is 10.1 Å². The van der Waals surface area contributed by atoms with E-state index in [1.165, 1.54) is 0 Å². The summed E-state index contributed by atoms with van der Waals surface area (Å²) in [7, 11) is 0. The van der Waals surface area contributed by atoms with Crippen molar-refractivity contribution in [1.82, 2.24) is 0 Å². The molecule has 3 aromatic carbocycles. The normalized spacial score (nSPS) is 10.2. The van der Waals surface area contributed by atoms with Gasteiger partial charge in [-0.25, -0.2) is 0 Å². The third-order valence-corrected chi connectivity index (χ3v) is 3.95. The Kier molecular flexibility index (Phi) is 5.29. The number of amides is 1. The molecule has 0 aliphatic rings. The summed E-state index contributed by atoms with van der Waals surface area (Å²) < 4.78 is 6.44. The molecule has 0 saturated carbocycles. The van der Waals surface area contributed by atoms with Crippen molar-refractivity contribution >= 4 is 27.5 Å². The summed E-state index contributed by atoms with van der Waals surface area (Å²) >= 11 is 3.38. The zero-order valence-corrected chi connectivity index (χ0v) is 14.5.